The Balaban J connectivity index is 2.26. The quantitative estimate of drug-likeness (QED) is 0.835. The molecule has 114 valence electrons. The van der Waals surface area contributed by atoms with Crippen LogP contribution in [0.3, 0.4) is 0 Å². The van der Waals surface area contributed by atoms with Crippen LogP contribution in [0.5, 0.6) is 0 Å². The van der Waals surface area contributed by atoms with Crippen LogP contribution in [-0.2, 0) is 10.0 Å². The van der Waals surface area contributed by atoms with E-state index in [2.05, 4.69) is 5.32 Å². The molecule has 0 amide bonds. The summed E-state index contributed by atoms with van der Waals surface area (Å²) in [7, 11) is -3.33. The van der Waals surface area contributed by atoms with E-state index in [1.165, 1.54) is 70.6 Å². The molecule has 0 aromatic heterocycles. The summed E-state index contributed by atoms with van der Waals surface area (Å²) in [6, 6.07) is 0.473. The monoisotopic (exact) mass is 290 g/mol. The Morgan fingerprint density at radius 3 is 1.68 bits per heavy atom. The third kappa shape index (κ3) is 10.3. The molecule has 0 aromatic rings. The molecule has 0 bridgehead atoms. The minimum absolute atomic E-state index is 0.0451. The average molecular weight is 290 g/mol. The number of hydrogen-bond acceptors (Lipinski definition) is 3. The van der Waals surface area contributed by atoms with Crippen LogP contribution in [0.15, 0.2) is 0 Å². The Hall–Kier alpha value is -0.130. The van der Waals surface area contributed by atoms with E-state index in [4.69, 9.17) is 5.14 Å². The zero-order valence-electron chi connectivity index (χ0n) is 12.1. The SMILES string of the molecule is NS(=O)(=O)CCNC1CCCCCCCCCCC1. The van der Waals surface area contributed by atoms with Crippen LogP contribution >= 0.6 is 0 Å². The van der Waals surface area contributed by atoms with Gasteiger partial charge in [-0.15, -0.1) is 0 Å². The Morgan fingerprint density at radius 2 is 1.26 bits per heavy atom. The van der Waals surface area contributed by atoms with Gasteiger partial charge in [0.1, 0.15) is 0 Å². The summed E-state index contributed by atoms with van der Waals surface area (Å²) in [4.78, 5) is 0. The van der Waals surface area contributed by atoms with E-state index in [0.717, 1.165) is 0 Å². The second kappa shape index (κ2) is 9.72. The van der Waals surface area contributed by atoms with Gasteiger partial charge in [-0.3, -0.25) is 0 Å². The Kier molecular flexibility index (Phi) is 8.66. The molecular formula is C14H30N2O2S. The molecule has 0 heterocycles. The van der Waals surface area contributed by atoms with Gasteiger partial charge in [0.2, 0.25) is 10.0 Å². The fourth-order valence-electron chi connectivity index (χ4n) is 2.77. The van der Waals surface area contributed by atoms with Crippen molar-refractivity contribution in [3.63, 3.8) is 0 Å². The fraction of sp³-hybridized carbons (Fsp3) is 1.00. The molecule has 0 saturated heterocycles. The summed E-state index contributed by atoms with van der Waals surface area (Å²) in [6.07, 6.45) is 14.3. The van der Waals surface area contributed by atoms with Gasteiger partial charge in [-0.2, -0.15) is 0 Å². The third-order valence-corrected chi connectivity index (χ3v) is 4.70. The van der Waals surface area contributed by atoms with Gasteiger partial charge in [0.15, 0.2) is 0 Å². The lowest BCUT2D eigenvalue weighted by Gasteiger charge is -2.19. The van der Waals surface area contributed by atoms with Gasteiger partial charge >= 0.3 is 0 Å². The zero-order chi connectivity index (χ0) is 14.0. The molecule has 1 rings (SSSR count). The number of primary sulfonamides is 1. The second-order valence-electron chi connectivity index (χ2n) is 5.78. The standard InChI is InChI=1S/C14H30N2O2S/c15-19(17,18)13-12-16-14-10-8-6-4-2-1-3-5-7-9-11-14/h14,16H,1-13H2,(H2,15,17,18). The van der Waals surface area contributed by atoms with E-state index in [-0.39, 0.29) is 5.75 Å². The maximum absolute atomic E-state index is 10.9. The third-order valence-electron chi connectivity index (χ3n) is 3.92. The van der Waals surface area contributed by atoms with Gasteiger partial charge in [-0.05, 0) is 12.8 Å². The van der Waals surface area contributed by atoms with Gasteiger partial charge in [0, 0.05) is 12.6 Å². The van der Waals surface area contributed by atoms with Crippen LogP contribution in [0.4, 0.5) is 0 Å². The summed E-state index contributed by atoms with van der Waals surface area (Å²) in [5.74, 6) is 0.0451. The van der Waals surface area contributed by atoms with Crippen molar-refractivity contribution in [1.29, 1.82) is 0 Å². The molecule has 1 aliphatic rings. The largest absolute Gasteiger partial charge is 0.313 e. The summed E-state index contributed by atoms with van der Waals surface area (Å²) in [5, 5.41) is 8.39. The number of nitrogens with two attached hydrogens (primary N) is 1. The lowest BCUT2D eigenvalue weighted by molar-refractivity contribution is 0.411. The minimum Gasteiger partial charge on any atom is -0.313 e. The van der Waals surface area contributed by atoms with Crippen LogP contribution in [0, 0.1) is 0 Å². The lowest BCUT2D eigenvalue weighted by Crippen LogP contribution is -2.34. The molecule has 1 fully saturated rings. The molecule has 3 N–H and O–H groups in total. The highest BCUT2D eigenvalue weighted by Crippen LogP contribution is 2.16. The molecule has 0 aliphatic heterocycles. The summed E-state index contributed by atoms with van der Waals surface area (Å²) >= 11 is 0. The topological polar surface area (TPSA) is 72.2 Å². The number of sulfonamides is 1. The van der Waals surface area contributed by atoms with Crippen LogP contribution in [0.1, 0.15) is 70.6 Å². The Bertz CT molecular complexity index is 305. The van der Waals surface area contributed by atoms with Gasteiger partial charge < -0.3 is 5.32 Å². The normalized spacial score (nSPS) is 21.5. The molecule has 0 atom stereocenters. The van der Waals surface area contributed by atoms with Crippen molar-refractivity contribution in [2.75, 3.05) is 12.3 Å². The van der Waals surface area contributed by atoms with E-state index in [0.29, 0.717) is 12.6 Å². The predicted octanol–water partition coefficient (Wildman–Crippen LogP) is 2.54. The van der Waals surface area contributed by atoms with Crippen LogP contribution in [-0.4, -0.2) is 26.8 Å². The van der Waals surface area contributed by atoms with Crippen LogP contribution in [0.2, 0.25) is 0 Å². The van der Waals surface area contributed by atoms with Crippen molar-refractivity contribution in [3.8, 4) is 0 Å². The van der Waals surface area contributed by atoms with Gasteiger partial charge in [0.05, 0.1) is 5.75 Å². The smallest absolute Gasteiger partial charge is 0.210 e. The molecule has 0 spiro atoms. The van der Waals surface area contributed by atoms with Gasteiger partial charge in [-0.25, -0.2) is 13.6 Å². The maximum Gasteiger partial charge on any atom is 0.210 e. The molecule has 1 aliphatic carbocycles. The van der Waals surface area contributed by atoms with Gasteiger partial charge in [0.25, 0.3) is 0 Å². The highest BCUT2D eigenvalue weighted by molar-refractivity contribution is 7.89. The van der Waals surface area contributed by atoms with Crippen molar-refractivity contribution in [1.82, 2.24) is 5.32 Å². The van der Waals surface area contributed by atoms with Crippen LogP contribution in [0.25, 0.3) is 0 Å². The first-order chi connectivity index (χ1) is 9.08. The van der Waals surface area contributed by atoms with E-state index in [1.54, 1.807) is 0 Å². The number of hydrogen-bond donors (Lipinski definition) is 2. The summed E-state index contributed by atoms with van der Waals surface area (Å²) in [6.45, 7) is 0.490. The van der Waals surface area contributed by atoms with Crippen molar-refractivity contribution in [2.24, 2.45) is 5.14 Å². The molecule has 0 aromatic carbocycles. The second-order valence-corrected chi connectivity index (χ2v) is 7.51. The fourth-order valence-corrected chi connectivity index (χ4v) is 3.18. The van der Waals surface area contributed by atoms with Crippen molar-refractivity contribution >= 4 is 10.0 Å². The lowest BCUT2D eigenvalue weighted by atomic mass is 9.98. The highest BCUT2D eigenvalue weighted by Gasteiger charge is 2.10. The minimum atomic E-state index is -3.33. The Morgan fingerprint density at radius 1 is 0.842 bits per heavy atom. The zero-order valence-corrected chi connectivity index (χ0v) is 12.9. The molecule has 5 heteroatoms. The van der Waals surface area contributed by atoms with E-state index >= 15 is 0 Å². The van der Waals surface area contributed by atoms with Gasteiger partial charge in [-0.1, -0.05) is 57.8 Å². The summed E-state index contributed by atoms with van der Waals surface area (Å²) < 4.78 is 21.8. The van der Waals surface area contributed by atoms with Crippen molar-refractivity contribution in [3.05, 3.63) is 0 Å². The maximum atomic E-state index is 10.9. The first-order valence-electron chi connectivity index (χ1n) is 7.82. The average Bonchev–Trinajstić information content (AvgIpc) is 2.30. The molecule has 0 radical (unpaired) electrons. The number of nitrogens with one attached hydrogen (secondary N) is 1. The molecule has 1 saturated carbocycles. The first kappa shape index (κ1) is 16.9. The number of rotatable bonds is 4. The highest BCUT2D eigenvalue weighted by atomic mass is 32.2. The van der Waals surface area contributed by atoms with E-state index in [9.17, 15) is 8.42 Å². The predicted molar refractivity (Wildman–Crippen MR) is 80.6 cm³/mol. The first-order valence-corrected chi connectivity index (χ1v) is 9.53. The molecular weight excluding hydrogens is 260 g/mol. The summed E-state index contributed by atoms with van der Waals surface area (Å²) in [5.41, 5.74) is 0. The van der Waals surface area contributed by atoms with Crippen molar-refractivity contribution < 1.29 is 8.42 Å². The van der Waals surface area contributed by atoms with E-state index in [1.807, 2.05) is 0 Å². The van der Waals surface area contributed by atoms with Crippen LogP contribution < -0.4 is 10.5 Å². The molecule has 19 heavy (non-hydrogen) atoms. The van der Waals surface area contributed by atoms with E-state index < -0.39 is 10.0 Å². The van der Waals surface area contributed by atoms with Crippen molar-refractivity contribution in [2.45, 2.75) is 76.7 Å². The Labute approximate surface area is 118 Å². The molecule has 4 nitrogen and oxygen atoms in total. The molecule has 0 unspecified atom stereocenters.